The van der Waals surface area contributed by atoms with Gasteiger partial charge in [0.25, 0.3) is 5.69 Å². The molecule has 0 aromatic heterocycles. The SMILES string of the molecule is CC(C)CC(NC(=O)CCNc1ccccc1[N+](=O)[O-])C(=O)O. The fourth-order valence-electron chi connectivity index (χ4n) is 2.05. The van der Waals surface area contributed by atoms with Crippen molar-refractivity contribution >= 4 is 23.3 Å². The summed E-state index contributed by atoms with van der Waals surface area (Å²) in [6, 6.07) is 5.20. The van der Waals surface area contributed by atoms with Gasteiger partial charge < -0.3 is 15.7 Å². The number of benzene rings is 1. The van der Waals surface area contributed by atoms with Crippen LogP contribution in [-0.4, -0.2) is 34.5 Å². The standard InChI is InChI=1S/C15H21N3O5/c1-10(2)9-12(15(20)21)17-14(19)7-8-16-11-5-3-4-6-13(11)18(22)23/h3-6,10,12,16H,7-9H2,1-2H3,(H,17,19)(H,20,21). The van der Waals surface area contributed by atoms with Crippen molar-refractivity contribution < 1.29 is 19.6 Å². The molecule has 1 atom stereocenters. The van der Waals surface area contributed by atoms with Crippen molar-refractivity contribution in [3.63, 3.8) is 0 Å². The highest BCUT2D eigenvalue weighted by molar-refractivity contribution is 5.83. The second-order valence-electron chi connectivity index (χ2n) is 5.54. The minimum absolute atomic E-state index is 0.0217. The molecule has 0 saturated carbocycles. The number of nitrogens with zero attached hydrogens (tertiary/aromatic N) is 1. The molecule has 0 saturated heterocycles. The fourth-order valence-corrected chi connectivity index (χ4v) is 2.05. The molecule has 0 aliphatic carbocycles. The predicted octanol–water partition coefficient (Wildman–Crippen LogP) is 2.01. The third-order valence-electron chi connectivity index (χ3n) is 3.11. The highest BCUT2D eigenvalue weighted by Crippen LogP contribution is 2.22. The molecule has 1 aromatic rings. The molecule has 0 heterocycles. The van der Waals surface area contributed by atoms with E-state index in [4.69, 9.17) is 5.11 Å². The molecule has 8 heteroatoms. The summed E-state index contributed by atoms with van der Waals surface area (Å²) < 4.78 is 0. The molecule has 0 fully saturated rings. The molecule has 1 unspecified atom stereocenters. The second-order valence-corrected chi connectivity index (χ2v) is 5.54. The zero-order valence-corrected chi connectivity index (χ0v) is 13.1. The van der Waals surface area contributed by atoms with Gasteiger partial charge in [0, 0.05) is 19.0 Å². The van der Waals surface area contributed by atoms with Gasteiger partial charge in [-0.1, -0.05) is 26.0 Å². The molecule has 1 amide bonds. The van der Waals surface area contributed by atoms with Gasteiger partial charge in [0.2, 0.25) is 5.91 Å². The summed E-state index contributed by atoms with van der Waals surface area (Å²) in [5.74, 6) is -1.34. The van der Waals surface area contributed by atoms with Gasteiger partial charge in [0.05, 0.1) is 4.92 Å². The number of hydrogen-bond donors (Lipinski definition) is 3. The summed E-state index contributed by atoms with van der Waals surface area (Å²) in [7, 11) is 0. The molecule has 0 aliphatic heterocycles. The smallest absolute Gasteiger partial charge is 0.326 e. The van der Waals surface area contributed by atoms with Crippen LogP contribution in [0.15, 0.2) is 24.3 Å². The fraction of sp³-hybridized carbons (Fsp3) is 0.467. The first kappa shape index (κ1) is 18.4. The second kappa shape index (κ2) is 8.72. The van der Waals surface area contributed by atoms with Crippen LogP contribution in [0.25, 0.3) is 0 Å². The Kier molecular flexibility index (Phi) is 6.98. The molecule has 0 spiro atoms. The zero-order chi connectivity index (χ0) is 17.4. The molecule has 1 rings (SSSR count). The Labute approximate surface area is 134 Å². The predicted molar refractivity (Wildman–Crippen MR) is 85.2 cm³/mol. The van der Waals surface area contributed by atoms with Gasteiger partial charge in [-0.25, -0.2) is 4.79 Å². The average Bonchev–Trinajstić information content (AvgIpc) is 2.46. The Bertz CT molecular complexity index is 574. The summed E-state index contributed by atoms with van der Waals surface area (Å²) in [6.45, 7) is 3.92. The maximum Gasteiger partial charge on any atom is 0.326 e. The first-order chi connectivity index (χ1) is 10.8. The lowest BCUT2D eigenvalue weighted by Crippen LogP contribution is -2.42. The van der Waals surface area contributed by atoms with Crippen molar-refractivity contribution in [3.8, 4) is 0 Å². The number of amides is 1. The number of nitro benzene ring substituents is 1. The molecule has 0 radical (unpaired) electrons. The molecule has 8 nitrogen and oxygen atoms in total. The van der Waals surface area contributed by atoms with Crippen LogP contribution in [0.4, 0.5) is 11.4 Å². The molecule has 23 heavy (non-hydrogen) atoms. The number of nitrogens with one attached hydrogen (secondary N) is 2. The highest BCUT2D eigenvalue weighted by Gasteiger charge is 2.21. The number of rotatable bonds is 9. The number of hydrogen-bond acceptors (Lipinski definition) is 5. The summed E-state index contributed by atoms with van der Waals surface area (Å²) in [6.07, 6.45) is 0.368. The number of para-hydroxylation sites is 2. The van der Waals surface area contributed by atoms with Crippen LogP contribution in [0.1, 0.15) is 26.7 Å². The van der Waals surface area contributed by atoms with Gasteiger partial charge in [-0.2, -0.15) is 0 Å². The minimum Gasteiger partial charge on any atom is -0.480 e. The normalized spacial score (nSPS) is 11.8. The van der Waals surface area contributed by atoms with Crippen molar-refractivity contribution in [1.82, 2.24) is 5.32 Å². The Morgan fingerprint density at radius 2 is 1.96 bits per heavy atom. The van der Waals surface area contributed by atoms with Crippen LogP contribution >= 0.6 is 0 Å². The van der Waals surface area contributed by atoms with E-state index in [1.165, 1.54) is 6.07 Å². The molecular formula is C15H21N3O5. The Hall–Kier alpha value is -2.64. The topological polar surface area (TPSA) is 122 Å². The third kappa shape index (κ3) is 6.33. The lowest BCUT2D eigenvalue weighted by Gasteiger charge is -2.16. The van der Waals surface area contributed by atoms with Crippen molar-refractivity contribution in [2.24, 2.45) is 5.92 Å². The van der Waals surface area contributed by atoms with Gasteiger partial charge in [-0.15, -0.1) is 0 Å². The summed E-state index contributed by atoms with van der Waals surface area (Å²) in [5, 5.41) is 25.2. The van der Waals surface area contributed by atoms with Crippen LogP contribution in [-0.2, 0) is 9.59 Å². The number of aliphatic carboxylic acids is 1. The van der Waals surface area contributed by atoms with Crippen LogP contribution in [0.3, 0.4) is 0 Å². The Morgan fingerprint density at radius 1 is 1.30 bits per heavy atom. The maximum absolute atomic E-state index is 11.8. The number of carbonyl (C=O) groups excluding carboxylic acids is 1. The van der Waals surface area contributed by atoms with E-state index in [1.54, 1.807) is 18.2 Å². The van der Waals surface area contributed by atoms with Crippen LogP contribution in [0, 0.1) is 16.0 Å². The van der Waals surface area contributed by atoms with E-state index in [0.717, 1.165) is 0 Å². The van der Waals surface area contributed by atoms with Crippen LogP contribution in [0.5, 0.6) is 0 Å². The molecule has 3 N–H and O–H groups in total. The van der Waals surface area contributed by atoms with Gasteiger partial charge in [0.15, 0.2) is 0 Å². The van der Waals surface area contributed by atoms with Crippen molar-refractivity contribution in [3.05, 3.63) is 34.4 Å². The lowest BCUT2D eigenvalue weighted by atomic mass is 10.0. The molecule has 0 bridgehead atoms. The maximum atomic E-state index is 11.8. The van der Waals surface area contributed by atoms with Gasteiger partial charge in [-0.3, -0.25) is 14.9 Å². The zero-order valence-electron chi connectivity index (χ0n) is 13.1. The summed E-state index contributed by atoms with van der Waals surface area (Å²) in [4.78, 5) is 33.2. The number of nitro groups is 1. The monoisotopic (exact) mass is 323 g/mol. The average molecular weight is 323 g/mol. The van der Waals surface area contributed by atoms with Gasteiger partial charge in [0.1, 0.15) is 11.7 Å². The van der Waals surface area contributed by atoms with E-state index in [1.807, 2.05) is 13.8 Å². The number of carbonyl (C=O) groups is 2. The van der Waals surface area contributed by atoms with Gasteiger partial charge in [-0.05, 0) is 18.4 Å². The molecular weight excluding hydrogens is 302 g/mol. The van der Waals surface area contributed by atoms with Crippen molar-refractivity contribution in [1.29, 1.82) is 0 Å². The van der Waals surface area contributed by atoms with E-state index in [2.05, 4.69) is 10.6 Å². The van der Waals surface area contributed by atoms with E-state index < -0.39 is 22.8 Å². The number of anilines is 1. The minimum atomic E-state index is -1.07. The number of carboxylic acids is 1. The molecule has 0 aliphatic rings. The van der Waals surface area contributed by atoms with Crippen molar-refractivity contribution in [2.75, 3.05) is 11.9 Å². The Balaban J connectivity index is 2.51. The highest BCUT2D eigenvalue weighted by atomic mass is 16.6. The lowest BCUT2D eigenvalue weighted by molar-refractivity contribution is -0.384. The first-order valence-electron chi connectivity index (χ1n) is 7.30. The Morgan fingerprint density at radius 3 is 2.52 bits per heavy atom. The van der Waals surface area contributed by atoms with Crippen molar-refractivity contribution in [2.45, 2.75) is 32.7 Å². The number of carboxylic acid groups (broad SMARTS) is 1. The van der Waals surface area contributed by atoms with E-state index in [-0.39, 0.29) is 24.6 Å². The largest absolute Gasteiger partial charge is 0.480 e. The van der Waals surface area contributed by atoms with Gasteiger partial charge >= 0.3 is 5.97 Å². The van der Waals surface area contributed by atoms with E-state index in [0.29, 0.717) is 12.1 Å². The first-order valence-corrected chi connectivity index (χ1v) is 7.30. The molecule has 126 valence electrons. The van der Waals surface area contributed by atoms with E-state index in [9.17, 15) is 19.7 Å². The third-order valence-corrected chi connectivity index (χ3v) is 3.11. The quantitative estimate of drug-likeness (QED) is 0.472. The summed E-state index contributed by atoms with van der Waals surface area (Å²) in [5.41, 5.74) is 0.249. The van der Waals surface area contributed by atoms with E-state index >= 15 is 0 Å². The van der Waals surface area contributed by atoms with Crippen LogP contribution < -0.4 is 10.6 Å². The molecule has 1 aromatic carbocycles. The van der Waals surface area contributed by atoms with Crippen LogP contribution in [0.2, 0.25) is 0 Å². The summed E-state index contributed by atoms with van der Waals surface area (Å²) >= 11 is 0.